The van der Waals surface area contributed by atoms with Crippen LogP contribution in [-0.4, -0.2) is 56.6 Å². The van der Waals surface area contributed by atoms with Crippen molar-refractivity contribution in [1.29, 1.82) is 0 Å². The summed E-state index contributed by atoms with van der Waals surface area (Å²) in [6.07, 6.45) is 1.42. The topological polar surface area (TPSA) is 33.7 Å². The molecule has 1 rings (SSSR count). The van der Waals surface area contributed by atoms with Gasteiger partial charge in [-0.3, -0.25) is 0 Å². The molecule has 1 aliphatic heterocycles. The fourth-order valence-corrected chi connectivity index (χ4v) is 2.16. The third-order valence-electron chi connectivity index (χ3n) is 3.06. The number of nitrogens with one attached hydrogen (secondary N) is 1. The van der Waals surface area contributed by atoms with Gasteiger partial charge in [-0.2, -0.15) is 0 Å². The van der Waals surface area contributed by atoms with Gasteiger partial charge in [-0.25, -0.2) is 0 Å². The standard InChI is InChI=1S/C11H22N2O2S/c1-9-4-6-13(8-10(9)15-3)11(16)12-5-7-14-2/h9-10H,4-8H2,1-3H3,(H,12,16). The Morgan fingerprint density at radius 2 is 2.25 bits per heavy atom. The van der Waals surface area contributed by atoms with E-state index in [1.807, 2.05) is 0 Å². The molecule has 0 radical (unpaired) electrons. The molecule has 1 saturated heterocycles. The summed E-state index contributed by atoms with van der Waals surface area (Å²) in [6, 6.07) is 0. The lowest BCUT2D eigenvalue weighted by Crippen LogP contribution is -2.50. The molecule has 0 aromatic carbocycles. The van der Waals surface area contributed by atoms with Gasteiger partial charge in [0.15, 0.2) is 5.11 Å². The average molecular weight is 246 g/mol. The van der Waals surface area contributed by atoms with Gasteiger partial charge in [-0.1, -0.05) is 6.92 Å². The number of ether oxygens (including phenoxy) is 2. The Labute approximate surface area is 103 Å². The van der Waals surface area contributed by atoms with Crippen molar-refractivity contribution in [2.75, 3.05) is 40.5 Å². The zero-order valence-corrected chi connectivity index (χ0v) is 11.2. The third kappa shape index (κ3) is 3.88. The normalized spacial score (nSPS) is 25.6. The average Bonchev–Trinajstić information content (AvgIpc) is 2.30. The van der Waals surface area contributed by atoms with Gasteiger partial charge in [0.25, 0.3) is 0 Å². The molecule has 5 heteroatoms. The Morgan fingerprint density at radius 1 is 1.50 bits per heavy atom. The fraction of sp³-hybridized carbons (Fsp3) is 0.909. The fourth-order valence-electron chi connectivity index (χ4n) is 1.90. The van der Waals surface area contributed by atoms with Crippen LogP contribution in [0.15, 0.2) is 0 Å². The van der Waals surface area contributed by atoms with Crippen LogP contribution in [0.4, 0.5) is 0 Å². The van der Waals surface area contributed by atoms with Crippen molar-refractivity contribution in [2.45, 2.75) is 19.4 Å². The van der Waals surface area contributed by atoms with Crippen LogP contribution in [-0.2, 0) is 9.47 Å². The first-order chi connectivity index (χ1) is 7.69. The van der Waals surface area contributed by atoms with Crippen molar-refractivity contribution in [1.82, 2.24) is 10.2 Å². The minimum Gasteiger partial charge on any atom is -0.383 e. The molecule has 2 atom stereocenters. The lowest BCUT2D eigenvalue weighted by Gasteiger charge is -2.37. The van der Waals surface area contributed by atoms with Crippen LogP contribution in [0.5, 0.6) is 0 Å². The first-order valence-electron chi connectivity index (χ1n) is 5.73. The van der Waals surface area contributed by atoms with Gasteiger partial charge in [0, 0.05) is 33.9 Å². The Morgan fingerprint density at radius 3 is 2.88 bits per heavy atom. The van der Waals surface area contributed by atoms with Gasteiger partial charge in [0.2, 0.25) is 0 Å². The maximum absolute atomic E-state index is 5.46. The van der Waals surface area contributed by atoms with Gasteiger partial charge < -0.3 is 19.7 Å². The molecule has 0 bridgehead atoms. The molecule has 0 aromatic heterocycles. The Kier molecular flexibility index (Phi) is 6.01. The minimum absolute atomic E-state index is 0.288. The summed E-state index contributed by atoms with van der Waals surface area (Å²) in [5.41, 5.74) is 0. The monoisotopic (exact) mass is 246 g/mol. The minimum atomic E-state index is 0.288. The number of piperidine rings is 1. The SMILES string of the molecule is COCCNC(=S)N1CCC(C)C(OC)C1. The van der Waals surface area contributed by atoms with E-state index in [1.54, 1.807) is 14.2 Å². The summed E-state index contributed by atoms with van der Waals surface area (Å²) in [5.74, 6) is 0.614. The number of rotatable bonds is 4. The molecule has 0 aliphatic carbocycles. The molecule has 2 unspecified atom stereocenters. The van der Waals surface area contributed by atoms with Gasteiger partial charge >= 0.3 is 0 Å². The molecule has 0 amide bonds. The second-order valence-electron chi connectivity index (χ2n) is 4.21. The number of nitrogens with zero attached hydrogens (tertiary/aromatic N) is 1. The van der Waals surface area contributed by atoms with Gasteiger partial charge in [0.1, 0.15) is 0 Å². The van der Waals surface area contributed by atoms with E-state index in [1.165, 1.54) is 0 Å². The highest BCUT2D eigenvalue weighted by Gasteiger charge is 2.26. The molecular weight excluding hydrogens is 224 g/mol. The van der Waals surface area contributed by atoms with Crippen LogP contribution in [0, 0.1) is 5.92 Å². The summed E-state index contributed by atoms with van der Waals surface area (Å²) < 4.78 is 10.4. The largest absolute Gasteiger partial charge is 0.383 e. The molecular formula is C11H22N2O2S. The lowest BCUT2D eigenvalue weighted by molar-refractivity contribution is 0.0147. The number of methoxy groups -OCH3 is 2. The van der Waals surface area contributed by atoms with E-state index in [0.29, 0.717) is 12.5 Å². The number of thiocarbonyl (C=S) groups is 1. The highest BCUT2D eigenvalue weighted by Crippen LogP contribution is 2.19. The van der Waals surface area contributed by atoms with Crippen molar-refractivity contribution in [2.24, 2.45) is 5.92 Å². The number of hydrogen-bond donors (Lipinski definition) is 1. The van der Waals surface area contributed by atoms with Crippen molar-refractivity contribution >= 4 is 17.3 Å². The summed E-state index contributed by atoms with van der Waals surface area (Å²) in [7, 11) is 3.46. The van der Waals surface area contributed by atoms with Crippen LogP contribution in [0.1, 0.15) is 13.3 Å². The first-order valence-corrected chi connectivity index (χ1v) is 6.14. The Bertz CT molecular complexity index is 226. The van der Waals surface area contributed by atoms with E-state index in [0.717, 1.165) is 31.2 Å². The van der Waals surface area contributed by atoms with E-state index in [4.69, 9.17) is 21.7 Å². The molecule has 16 heavy (non-hydrogen) atoms. The Hall–Kier alpha value is -0.390. The predicted molar refractivity (Wildman–Crippen MR) is 68.6 cm³/mol. The zero-order chi connectivity index (χ0) is 12.0. The Balaban J connectivity index is 2.33. The summed E-state index contributed by atoms with van der Waals surface area (Å²) in [4.78, 5) is 2.18. The van der Waals surface area contributed by atoms with Gasteiger partial charge in [-0.05, 0) is 24.6 Å². The van der Waals surface area contributed by atoms with Crippen LogP contribution < -0.4 is 5.32 Å². The van der Waals surface area contributed by atoms with Crippen LogP contribution in [0.3, 0.4) is 0 Å². The summed E-state index contributed by atoms with van der Waals surface area (Å²) in [5, 5.41) is 4.00. The molecule has 94 valence electrons. The first kappa shape index (κ1) is 13.7. The third-order valence-corrected chi connectivity index (χ3v) is 3.46. The molecule has 0 saturated carbocycles. The zero-order valence-electron chi connectivity index (χ0n) is 10.4. The lowest BCUT2D eigenvalue weighted by atomic mass is 9.96. The van der Waals surface area contributed by atoms with E-state index in [9.17, 15) is 0 Å². The van der Waals surface area contributed by atoms with Crippen molar-refractivity contribution in [3.63, 3.8) is 0 Å². The quantitative estimate of drug-likeness (QED) is 0.588. The molecule has 1 aliphatic rings. The molecule has 1 N–H and O–H groups in total. The van der Waals surface area contributed by atoms with Crippen molar-refractivity contribution in [3.8, 4) is 0 Å². The smallest absolute Gasteiger partial charge is 0.169 e. The number of likely N-dealkylation sites (tertiary alicyclic amines) is 1. The summed E-state index contributed by atoms with van der Waals surface area (Å²) in [6.45, 7) is 5.57. The van der Waals surface area contributed by atoms with Gasteiger partial charge in [0.05, 0.1) is 12.7 Å². The van der Waals surface area contributed by atoms with E-state index in [-0.39, 0.29) is 6.10 Å². The highest BCUT2D eigenvalue weighted by atomic mass is 32.1. The molecule has 4 nitrogen and oxygen atoms in total. The van der Waals surface area contributed by atoms with Crippen molar-refractivity contribution < 1.29 is 9.47 Å². The van der Waals surface area contributed by atoms with Crippen LogP contribution in [0.25, 0.3) is 0 Å². The second-order valence-corrected chi connectivity index (χ2v) is 4.60. The van der Waals surface area contributed by atoms with Crippen LogP contribution >= 0.6 is 12.2 Å². The molecule has 0 spiro atoms. The summed E-state index contributed by atoms with van der Waals surface area (Å²) >= 11 is 5.33. The number of hydrogen-bond acceptors (Lipinski definition) is 3. The molecule has 1 heterocycles. The van der Waals surface area contributed by atoms with E-state index in [2.05, 4.69) is 17.1 Å². The van der Waals surface area contributed by atoms with Crippen LogP contribution in [0.2, 0.25) is 0 Å². The second kappa shape index (κ2) is 7.04. The van der Waals surface area contributed by atoms with Gasteiger partial charge in [-0.15, -0.1) is 0 Å². The molecule has 1 fully saturated rings. The maximum atomic E-state index is 5.46. The van der Waals surface area contributed by atoms with E-state index >= 15 is 0 Å². The van der Waals surface area contributed by atoms with Crippen molar-refractivity contribution in [3.05, 3.63) is 0 Å². The molecule has 0 aromatic rings. The van der Waals surface area contributed by atoms with E-state index < -0.39 is 0 Å². The maximum Gasteiger partial charge on any atom is 0.169 e. The predicted octanol–water partition coefficient (Wildman–Crippen LogP) is 0.864. The highest BCUT2D eigenvalue weighted by molar-refractivity contribution is 7.80.